The summed E-state index contributed by atoms with van der Waals surface area (Å²) >= 11 is 0. The zero-order valence-corrected chi connectivity index (χ0v) is 22.0. The maximum absolute atomic E-state index is 11.4. The van der Waals surface area contributed by atoms with Gasteiger partial charge in [0.1, 0.15) is 0 Å². The van der Waals surface area contributed by atoms with E-state index in [1.54, 1.807) is 5.57 Å². The Bertz CT molecular complexity index is 784. The van der Waals surface area contributed by atoms with Crippen molar-refractivity contribution in [3.8, 4) is 0 Å². The van der Waals surface area contributed by atoms with Crippen LogP contribution in [-0.4, -0.2) is 22.9 Å². The highest BCUT2D eigenvalue weighted by Crippen LogP contribution is 2.74. The molecule has 0 amide bonds. The van der Waals surface area contributed by atoms with Crippen molar-refractivity contribution in [2.75, 3.05) is 6.61 Å². The van der Waals surface area contributed by atoms with E-state index in [1.165, 1.54) is 31.3 Å². The molecule has 0 spiro atoms. The fourth-order valence-electron chi connectivity index (χ4n) is 9.88. The van der Waals surface area contributed by atoms with Crippen molar-refractivity contribution in [2.45, 2.75) is 106 Å². The van der Waals surface area contributed by atoms with E-state index in [4.69, 9.17) is 0 Å². The molecule has 0 heterocycles. The first-order chi connectivity index (χ1) is 14.9. The smallest absolute Gasteiger partial charge is 0.0599 e. The van der Waals surface area contributed by atoms with E-state index in [2.05, 4.69) is 61.1 Å². The van der Waals surface area contributed by atoms with Gasteiger partial charge in [0.05, 0.1) is 6.10 Å². The van der Waals surface area contributed by atoms with Crippen molar-refractivity contribution in [3.05, 3.63) is 23.8 Å². The van der Waals surface area contributed by atoms with Gasteiger partial charge in [0, 0.05) is 17.4 Å². The zero-order valence-electron chi connectivity index (χ0n) is 22.0. The van der Waals surface area contributed by atoms with E-state index in [0.717, 1.165) is 31.6 Å². The predicted octanol–water partition coefficient (Wildman–Crippen LogP) is 7.16. The molecule has 182 valence electrons. The Morgan fingerprint density at radius 2 is 1.81 bits per heavy atom. The Hall–Kier alpha value is -0.600. The molecule has 3 fully saturated rings. The minimum absolute atomic E-state index is 0.0849. The molecule has 4 aliphatic carbocycles. The van der Waals surface area contributed by atoms with Crippen LogP contribution in [0.5, 0.6) is 0 Å². The lowest BCUT2D eigenvalue weighted by Crippen LogP contribution is -2.64. The molecule has 3 saturated carbocycles. The molecule has 4 aliphatic rings. The summed E-state index contributed by atoms with van der Waals surface area (Å²) in [7, 11) is 0. The maximum Gasteiger partial charge on any atom is 0.0599 e. The van der Waals surface area contributed by atoms with Gasteiger partial charge in [-0.1, -0.05) is 65.3 Å². The van der Waals surface area contributed by atoms with E-state index in [0.29, 0.717) is 30.3 Å². The summed E-state index contributed by atoms with van der Waals surface area (Å²) in [6.07, 6.45) is 11.3. The molecule has 0 aromatic rings. The molecule has 32 heavy (non-hydrogen) atoms. The van der Waals surface area contributed by atoms with Gasteiger partial charge in [-0.2, -0.15) is 0 Å². The van der Waals surface area contributed by atoms with Gasteiger partial charge >= 0.3 is 0 Å². The van der Waals surface area contributed by atoms with Crippen LogP contribution in [0, 0.1) is 51.2 Å². The Morgan fingerprint density at radius 1 is 1.12 bits per heavy atom. The van der Waals surface area contributed by atoms with Gasteiger partial charge in [0.2, 0.25) is 0 Å². The van der Waals surface area contributed by atoms with Crippen LogP contribution in [0.4, 0.5) is 0 Å². The molecule has 4 rings (SSSR count). The highest BCUT2D eigenvalue weighted by Gasteiger charge is 2.67. The molecule has 2 nitrogen and oxygen atoms in total. The molecule has 0 unspecified atom stereocenters. The topological polar surface area (TPSA) is 40.5 Å². The fourth-order valence-corrected chi connectivity index (χ4v) is 9.88. The van der Waals surface area contributed by atoms with Crippen molar-refractivity contribution >= 4 is 0 Å². The Balaban J connectivity index is 1.85. The third-order valence-corrected chi connectivity index (χ3v) is 12.3. The molecular formula is C30H50O2. The van der Waals surface area contributed by atoms with Crippen LogP contribution < -0.4 is 0 Å². The fraction of sp³-hybridized carbons (Fsp3) is 0.867. The van der Waals surface area contributed by atoms with Crippen molar-refractivity contribution in [1.29, 1.82) is 0 Å². The van der Waals surface area contributed by atoms with Crippen LogP contribution in [-0.2, 0) is 0 Å². The summed E-state index contributed by atoms with van der Waals surface area (Å²) in [6, 6.07) is 0. The number of hydrogen-bond donors (Lipinski definition) is 2. The zero-order chi connectivity index (χ0) is 23.7. The van der Waals surface area contributed by atoms with Gasteiger partial charge < -0.3 is 10.2 Å². The van der Waals surface area contributed by atoms with Crippen LogP contribution in [0.25, 0.3) is 0 Å². The second-order valence-corrected chi connectivity index (χ2v) is 13.3. The number of aliphatic hydroxyl groups is 2. The van der Waals surface area contributed by atoms with Gasteiger partial charge in [0.15, 0.2) is 0 Å². The first-order valence-corrected chi connectivity index (χ1v) is 13.6. The SMILES string of the molecule is C=C(C)[C@H]1CC[C@]2(C)[C@@H](CC=C3[C@@H]4[C@@H](C)[C@H](C)CC[C@]4(CO)CC[C@]32C)[C@@]1(C)[C@@H](O)CC. The predicted molar refractivity (Wildman–Crippen MR) is 134 cm³/mol. The number of aliphatic hydroxyl groups excluding tert-OH is 2. The van der Waals surface area contributed by atoms with Crippen molar-refractivity contribution in [1.82, 2.24) is 0 Å². The van der Waals surface area contributed by atoms with Gasteiger partial charge in [-0.05, 0) is 98.7 Å². The van der Waals surface area contributed by atoms with Crippen molar-refractivity contribution < 1.29 is 10.2 Å². The van der Waals surface area contributed by atoms with Crippen molar-refractivity contribution in [3.63, 3.8) is 0 Å². The van der Waals surface area contributed by atoms with E-state index in [-0.39, 0.29) is 27.8 Å². The molecule has 0 aromatic heterocycles. The van der Waals surface area contributed by atoms with Crippen molar-refractivity contribution in [2.24, 2.45) is 51.2 Å². The molecule has 10 atom stereocenters. The average molecular weight is 443 g/mol. The van der Waals surface area contributed by atoms with Crippen LogP contribution in [0.1, 0.15) is 99.8 Å². The molecule has 0 aliphatic heterocycles. The molecule has 2 heteroatoms. The summed E-state index contributed by atoms with van der Waals surface area (Å²) < 4.78 is 0. The lowest BCUT2D eigenvalue weighted by atomic mass is 9.35. The van der Waals surface area contributed by atoms with Crippen LogP contribution in [0.2, 0.25) is 0 Å². The molecular weight excluding hydrogens is 392 g/mol. The Morgan fingerprint density at radius 3 is 2.41 bits per heavy atom. The summed E-state index contributed by atoms with van der Waals surface area (Å²) in [6.45, 7) is 21.5. The normalized spacial score (nSPS) is 51.7. The van der Waals surface area contributed by atoms with E-state index >= 15 is 0 Å². The van der Waals surface area contributed by atoms with E-state index in [1.807, 2.05) is 0 Å². The lowest BCUT2D eigenvalue weighted by Gasteiger charge is -2.70. The first-order valence-electron chi connectivity index (χ1n) is 13.6. The second-order valence-electron chi connectivity index (χ2n) is 13.3. The molecule has 0 bridgehead atoms. The van der Waals surface area contributed by atoms with Gasteiger partial charge in [0.25, 0.3) is 0 Å². The first kappa shape index (κ1) is 24.5. The van der Waals surface area contributed by atoms with Gasteiger partial charge in [-0.3, -0.25) is 0 Å². The van der Waals surface area contributed by atoms with E-state index < -0.39 is 0 Å². The molecule has 2 N–H and O–H groups in total. The molecule has 0 aromatic carbocycles. The highest BCUT2D eigenvalue weighted by molar-refractivity contribution is 5.34. The third kappa shape index (κ3) is 2.97. The third-order valence-electron chi connectivity index (χ3n) is 12.3. The van der Waals surface area contributed by atoms with Crippen LogP contribution in [0.15, 0.2) is 23.8 Å². The molecule has 0 radical (unpaired) electrons. The monoisotopic (exact) mass is 442 g/mol. The highest BCUT2D eigenvalue weighted by atomic mass is 16.3. The average Bonchev–Trinajstić information content (AvgIpc) is 2.76. The largest absolute Gasteiger partial charge is 0.396 e. The Labute approximate surface area is 198 Å². The van der Waals surface area contributed by atoms with Gasteiger partial charge in [-0.25, -0.2) is 0 Å². The quantitative estimate of drug-likeness (QED) is 0.453. The van der Waals surface area contributed by atoms with Crippen LogP contribution in [0.3, 0.4) is 0 Å². The summed E-state index contributed by atoms with van der Waals surface area (Å²) in [4.78, 5) is 0. The number of fused-ring (bicyclic) bond motifs is 5. The standard InChI is InChI=1S/C30H50O2/c1-9-25(32)29(8)22(19(2)3)13-14-28(7)24(29)11-10-23-26-21(5)20(4)12-15-30(26,18-31)17-16-27(23,28)6/h10,20-22,24-26,31-32H,2,9,11-18H2,1,3-8H3/t20-,21+,22-,24-,25+,26+,27-,28-,29+,30-/m1/s1. The maximum atomic E-state index is 11.4. The number of rotatable bonds is 4. The summed E-state index contributed by atoms with van der Waals surface area (Å²) in [5.74, 6) is 2.71. The Kier molecular flexibility index (Phi) is 6.11. The number of allylic oxidation sites excluding steroid dienone is 3. The minimum atomic E-state index is -0.291. The van der Waals surface area contributed by atoms with Crippen LogP contribution >= 0.6 is 0 Å². The number of hydrogen-bond acceptors (Lipinski definition) is 2. The van der Waals surface area contributed by atoms with Gasteiger partial charge in [-0.15, -0.1) is 0 Å². The van der Waals surface area contributed by atoms with E-state index in [9.17, 15) is 10.2 Å². The summed E-state index contributed by atoms with van der Waals surface area (Å²) in [5, 5.41) is 22.1. The molecule has 0 saturated heterocycles. The minimum Gasteiger partial charge on any atom is -0.396 e. The lowest BCUT2D eigenvalue weighted by molar-refractivity contribution is -0.178. The summed E-state index contributed by atoms with van der Waals surface area (Å²) in [5.41, 5.74) is 3.21. The second kappa shape index (κ2) is 7.98.